The third-order valence-electron chi connectivity index (χ3n) is 4.01. The summed E-state index contributed by atoms with van der Waals surface area (Å²) in [5, 5.41) is 8.80. The summed E-state index contributed by atoms with van der Waals surface area (Å²) in [5.74, 6) is 1.63. The van der Waals surface area contributed by atoms with Gasteiger partial charge in [0, 0.05) is 44.1 Å². The maximum absolute atomic E-state index is 8.80. The molecule has 3 heterocycles. The van der Waals surface area contributed by atoms with Crippen molar-refractivity contribution >= 4 is 5.82 Å². The Bertz CT molecular complexity index is 686. The van der Waals surface area contributed by atoms with Crippen molar-refractivity contribution in [2.75, 3.05) is 37.6 Å². The van der Waals surface area contributed by atoms with Crippen LogP contribution in [0.25, 0.3) is 11.5 Å². The van der Waals surface area contributed by atoms with Gasteiger partial charge in [-0.1, -0.05) is 13.0 Å². The van der Waals surface area contributed by atoms with Crippen molar-refractivity contribution in [2.24, 2.45) is 0 Å². The van der Waals surface area contributed by atoms with E-state index in [-0.39, 0.29) is 0 Å². The van der Waals surface area contributed by atoms with Gasteiger partial charge in [0.2, 0.25) is 0 Å². The van der Waals surface area contributed by atoms with Gasteiger partial charge in [0.15, 0.2) is 5.82 Å². The standard InChI is InChI=1S/C17H20N6/c1-2-14-13-16(23-11-9-22(8-6-18)10-12-23)21-17(20-14)15-5-3-4-7-19-15/h3-5,7,13H,2,8-12H2,1H3. The first kappa shape index (κ1) is 15.4. The number of hydrogen-bond acceptors (Lipinski definition) is 6. The second-order valence-electron chi connectivity index (χ2n) is 5.53. The van der Waals surface area contributed by atoms with Crippen LogP contribution in [0.15, 0.2) is 30.5 Å². The van der Waals surface area contributed by atoms with Crippen LogP contribution in [0, 0.1) is 11.3 Å². The summed E-state index contributed by atoms with van der Waals surface area (Å²) in [6.45, 7) is 6.12. The fourth-order valence-corrected chi connectivity index (χ4v) is 2.67. The Kier molecular flexibility index (Phi) is 4.79. The van der Waals surface area contributed by atoms with Crippen molar-refractivity contribution in [1.29, 1.82) is 5.26 Å². The molecule has 0 atom stereocenters. The second kappa shape index (κ2) is 7.16. The highest BCUT2D eigenvalue weighted by Crippen LogP contribution is 2.20. The predicted octanol–water partition coefficient (Wildman–Crippen LogP) is 1.75. The number of aryl methyl sites for hydroxylation is 1. The predicted molar refractivity (Wildman–Crippen MR) is 88.9 cm³/mol. The van der Waals surface area contributed by atoms with Crippen LogP contribution in [-0.2, 0) is 6.42 Å². The smallest absolute Gasteiger partial charge is 0.180 e. The Hall–Kier alpha value is -2.52. The lowest BCUT2D eigenvalue weighted by atomic mass is 10.2. The molecule has 1 aliphatic rings. The zero-order valence-corrected chi connectivity index (χ0v) is 13.3. The largest absolute Gasteiger partial charge is 0.354 e. The number of pyridine rings is 1. The van der Waals surface area contributed by atoms with E-state index in [1.54, 1.807) is 6.20 Å². The third-order valence-corrected chi connectivity index (χ3v) is 4.01. The quantitative estimate of drug-likeness (QED) is 0.802. The first-order valence-electron chi connectivity index (χ1n) is 7.93. The van der Waals surface area contributed by atoms with Crippen molar-refractivity contribution in [2.45, 2.75) is 13.3 Å². The van der Waals surface area contributed by atoms with Gasteiger partial charge >= 0.3 is 0 Å². The number of nitriles is 1. The van der Waals surface area contributed by atoms with Gasteiger partial charge in [-0.25, -0.2) is 9.97 Å². The monoisotopic (exact) mass is 308 g/mol. The SMILES string of the molecule is CCc1cc(N2CCN(CC#N)CC2)nc(-c2ccccn2)n1. The van der Waals surface area contributed by atoms with E-state index in [1.165, 1.54) is 0 Å². The molecule has 0 radical (unpaired) electrons. The van der Waals surface area contributed by atoms with Crippen molar-refractivity contribution in [1.82, 2.24) is 19.9 Å². The molecule has 0 aliphatic carbocycles. The van der Waals surface area contributed by atoms with Crippen LogP contribution < -0.4 is 4.90 Å². The maximum atomic E-state index is 8.80. The summed E-state index contributed by atoms with van der Waals surface area (Å²) in [6.07, 6.45) is 2.63. The summed E-state index contributed by atoms with van der Waals surface area (Å²) in [5.41, 5.74) is 1.82. The molecule has 1 saturated heterocycles. The van der Waals surface area contributed by atoms with Gasteiger partial charge in [-0.05, 0) is 18.6 Å². The molecule has 6 heteroatoms. The molecule has 118 valence electrons. The molecule has 2 aromatic heterocycles. The number of piperazine rings is 1. The van der Waals surface area contributed by atoms with E-state index in [1.807, 2.05) is 18.2 Å². The highest BCUT2D eigenvalue weighted by Gasteiger charge is 2.19. The van der Waals surface area contributed by atoms with Crippen LogP contribution >= 0.6 is 0 Å². The lowest BCUT2D eigenvalue weighted by Crippen LogP contribution is -2.46. The van der Waals surface area contributed by atoms with E-state index in [0.717, 1.165) is 49.8 Å². The van der Waals surface area contributed by atoms with Crippen LogP contribution in [0.4, 0.5) is 5.82 Å². The van der Waals surface area contributed by atoms with Crippen molar-refractivity contribution < 1.29 is 0 Å². The molecule has 0 spiro atoms. The number of hydrogen-bond donors (Lipinski definition) is 0. The topological polar surface area (TPSA) is 68.9 Å². The van der Waals surface area contributed by atoms with Gasteiger partial charge in [0.05, 0.1) is 12.6 Å². The highest BCUT2D eigenvalue weighted by molar-refractivity contribution is 5.54. The van der Waals surface area contributed by atoms with Crippen LogP contribution in [-0.4, -0.2) is 52.6 Å². The number of rotatable bonds is 4. The van der Waals surface area contributed by atoms with E-state index in [9.17, 15) is 0 Å². The number of aromatic nitrogens is 3. The molecule has 0 aromatic carbocycles. The minimum Gasteiger partial charge on any atom is -0.354 e. The van der Waals surface area contributed by atoms with Crippen molar-refractivity contribution in [3.63, 3.8) is 0 Å². The highest BCUT2D eigenvalue weighted by atomic mass is 15.3. The van der Waals surface area contributed by atoms with E-state index in [0.29, 0.717) is 12.4 Å². The molecular formula is C17H20N6. The van der Waals surface area contributed by atoms with Crippen LogP contribution in [0.2, 0.25) is 0 Å². The van der Waals surface area contributed by atoms with Gasteiger partial charge in [-0.2, -0.15) is 5.26 Å². The molecule has 3 rings (SSSR count). The normalized spacial score (nSPS) is 15.4. The zero-order valence-electron chi connectivity index (χ0n) is 13.3. The fourth-order valence-electron chi connectivity index (χ4n) is 2.67. The first-order chi connectivity index (χ1) is 11.3. The lowest BCUT2D eigenvalue weighted by Gasteiger charge is -2.34. The molecule has 23 heavy (non-hydrogen) atoms. The molecule has 2 aromatic rings. The molecule has 0 unspecified atom stereocenters. The van der Waals surface area contributed by atoms with Gasteiger partial charge in [-0.3, -0.25) is 9.88 Å². The van der Waals surface area contributed by atoms with Gasteiger partial charge < -0.3 is 4.90 Å². The summed E-state index contributed by atoms with van der Waals surface area (Å²) in [6, 6.07) is 10.1. The van der Waals surface area contributed by atoms with Gasteiger partial charge in [0.25, 0.3) is 0 Å². The van der Waals surface area contributed by atoms with Gasteiger partial charge in [0.1, 0.15) is 11.5 Å². The number of anilines is 1. The van der Waals surface area contributed by atoms with Crippen LogP contribution in [0.1, 0.15) is 12.6 Å². The summed E-state index contributed by atoms with van der Waals surface area (Å²) < 4.78 is 0. The van der Waals surface area contributed by atoms with E-state index >= 15 is 0 Å². The molecule has 0 N–H and O–H groups in total. The van der Waals surface area contributed by atoms with Crippen molar-refractivity contribution in [3.05, 3.63) is 36.2 Å². The Labute approximate surface area is 136 Å². The Morgan fingerprint density at radius 1 is 1.17 bits per heavy atom. The Balaban J connectivity index is 1.84. The maximum Gasteiger partial charge on any atom is 0.180 e. The molecule has 0 saturated carbocycles. The summed E-state index contributed by atoms with van der Waals surface area (Å²) in [4.78, 5) is 18.1. The fraction of sp³-hybridized carbons (Fsp3) is 0.412. The minimum atomic E-state index is 0.497. The minimum absolute atomic E-state index is 0.497. The van der Waals surface area contributed by atoms with Gasteiger partial charge in [-0.15, -0.1) is 0 Å². The summed E-state index contributed by atoms with van der Waals surface area (Å²) in [7, 11) is 0. The zero-order chi connectivity index (χ0) is 16.1. The van der Waals surface area contributed by atoms with E-state index in [2.05, 4.69) is 38.8 Å². The Morgan fingerprint density at radius 3 is 2.65 bits per heavy atom. The van der Waals surface area contributed by atoms with Crippen LogP contribution in [0.3, 0.4) is 0 Å². The third kappa shape index (κ3) is 3.63. The molecule has 0 bridgehead atoms. The van der Waals surface area contributed by atoms with Crippen LogP contribution in [0.5, 0.6) is 0 Å². The second-order valence-corrected chi connectivity index (χ2v) is 5.53. The van der Waals surface area contributed by atoms with Crippen molar-refractivity contribution in [3.8, 4) is 17.6 Å². The molecule has 0 amide bonds. The Morgan fingerprint density at radius 2 is 2.00 bits per heavy atom. The molecular weight excluding hydrogens is 288 g/mol. The average Bonchev–Trinajstić information content (AvgIpc) is 2.63. The number of nitrogens with zero attached hydrogens (tertiary/aromatic N) is 6. The summed E-state index contributed by atoms with van der Waals surface area (Å²) >= 11 is 0. The average molecular weight is 308 g/mol. The van der Waals surface area contributed by atoms with E-state index in [4.69, 9.17) is 10.2 Å². The first-order valence-corrected chi connectivity index (χ1v) is 7.93. The molecule has 1 fully saturated rings. The molecule has 1 aliphatic heterocycles. The van der Waals surface area contributed by atoms with E-state index < -0.39 is 0 Å². The lowest BCUT2D eigenvalue weighted by molar-refractivity contribution is 0.286. The molecule has 6 nitrogen and oxygen atoms in total.